The Labute approximate surface area is 102 Å². The SMILES string of the molecule is CCCC(=O)Nc1cccc2c1OC(C)(C)C2. The van der Waals surface area contributed by atoms with E-state index in [4.69, 9.17) is 4.74 Å². The molecule has 0 unspecified atom stereocenters. The number of carbonyl (C=O) groups is 1. The van der Waals surface area contributed by atoms with Crippen molar-refractivity contribution in [1.29, 1.82) is 0 Å². The van der Waals surface area contributed by atoms with Crippen LogP contribution in [0.1, 0.15) is 39.2 Å². The number of hydrogen-bond acceptors (Lipinski definition) is 2. The van der Waals surface area contributed by atoms with E-state index in [-0.39, 0.29) is 11.5 Å². The van der Waals surface area contributed by atoms with Crippen LogP contribution in [0.4, 0.5) is 5.69 Å². The molecular formula is C14H19NO2. The van der Waals surface area contributed by atoms with Crippen molar-refractivity contribution < 1.29 is 9.53 Å². The summed E-state index contributed by atoms with van der Waals surface area (Å²) < 4.78 is 5.89. The summed E-state index contributed by atoms with van der Waals surface area (Å²) in [5.41, 5.74) is 1.80. The Bertz CT molecular complexity index is 438. The molecule has 1 aromatic rings. The molecule has 3 nitrogen and oxygen atoms in total. The third-order valence-electron chi connectivity index (χ3n) is 2.84. The van der Waals surface area contributed by atoms with E-state index < -0.39 is 0 Å². The highest BCUT2D eigenvalue weighted by atomic mass is 16.5. The normalized spacial score (nSPS) is 16.2. The van der Waals surface area contributed by atoms with E-state index in [0.29, 0.717) is 6.42 Å². The lowest BCUT2D eigenvalue weighted by molar-refractivity contribution is -0.116. The van der Waals surface area contributed by atoms with Gasteiger partial charge >= 0.3 is 0 Å². The van der Waals surface area contributed by atoms with E-state index in [2.05, 4.69) is 25.2 Å². The summed E-state index contributed by atoms with van der Waals surface area (Å²) in [5, 5.41) is 2.92. The number of fused-ring (bicyclic) bond motifs is 1. The number of rotatable bonds is 3. The van der Waals surface area contributed by atoms with E-state index in [1.54, 1.807) is 0 Å². The van der Waals surface area contributed by atoms with Gasteiger partial charge in [-0.05, 0) is 26.3 Å². The van der Waals surface area contributed by atoms with Gasteiger partial charge in [-0.1, -0.05) is 19.1 Å². The molecule has 0 spiro atoms. The summed E-state index contributed by atoms with van der Waals surface area (Å²) in [4.78, 5) is 11.6. The summed E-state index contributed by atoms with van der Waals surface area (Å²) in [6.45, 7) is 6.11. The van der Waals surface area contributed by atoms with E-state index in [1.165, 1.54) is 5.56 Å². The molecule has 1 N–H and O–H groups in total. The van der Waals surface area contributed by atoms with Crippen LogP contribution >= 0.6 is 0 Å². The van der Waals surface area contributed by atoms with Gasteiger partial charge in [0.15, 0.2) is 0 Å². The van der Waals surface area contributed by atoms with Crippen molar-refractivity contribution >= 4 is 11.6 Å². The third kappa shape index (κ3) is 2.60. The fourth-order valence-electron chi connectivity index (χ4n) is 2.15. The lowest BCUT2D eigenvalue weighted by atomic mass is 10.0. The second-order valence-corrected chi connectivity index (χ2v) is 5.13. The van der Waals surface area contributed by atoms with Crippen LogP contribution in [0.3, 0.4) is 0 Å². The van der Waals surface area contributed by atoms with Crippen LogP contribution in [0, 0.1) is 0 Å². The van der Waals surface area contributed by atoms with E-state index in [0.717, 1.165) is 24.3 Å². The minimum Gasteiger partial charge on any atom is -0.485 e. The minimum absolute atomic E-state index is 0.0502. The Morgan fingerprint density at radius 3 is 2.94 bits per heavy atom. The molecule has 1 amide bonds. The van der Waals surface area contributed by atoms with E-state index in [1.807, 2.05) is 19.1 Å². The van der Waals surface area contributed by atoms with Crippen molar-refractivity contribution in [1.82, 2.24) is 0 Å². The molecule has 0 aliphatic carbocycles. The predicted molar refractivity (Wildman–Crippen MR) is 68.4 cm³/mol. The minimum atomic E-state index is -0.173. The molecule has 1 aliphatic rings. The van der Waals surface area contributed by atoms with E-state index in [9.17, 15) is 4.79 Å². The Balaban J connectivity index is 2.21. The average Bonchev–Trinajstić information content (AvgIpc) is 2.53. The van der Waals surface area contributed by atoms with Gasteiger partial charge in [0.05, 0.1) is 5.69 Å². The van der Waals surface area contributed by atoms with Crippen LogP contribution in [-0.2, 0) is 11.2 Å². The first kappa shape index (κ1) is 12.0. The van der Waals surface area contributed by atoms with Crippen LogP contribution in [0.15, 0.2) is 18.2 Å². The molecule has 0 atom stereocenters. The lowest BCUT2D eigenvalue weighted by Crippen LogP contribution is -2.25. The van der Waals surface area contributed by atoms with Crippen molar-refractivity contribution in [3.05, 3.63) is 23.8 Å². The maximum Gasteiger partial charge on any atom is 0.224 e. The van der Waals surface area contributed by atoms with Crippen LogP contribution in [0.25, 0.3) is 0 Å². The third-order valence-corrected chi connectivity index (χ3v) is 2.84. The van der Waals surface area contributed by atoms with Crippen LogP contribution in [0.5, 0.6) is 5.75 Å². The molecular weight excluding hydrogens is 214 g/mol. The monoisotopic (exact) mass is 233 g/mol. The lowest BCUT2D eigenvalue weighted by Gasteiger charge is -2.18. The molecule has 1 aromatic carbocycles. The number of anilines is 1. The van der Waals surface area contributed by atoms with Gasteiger partial charge in [-0.15, -0.1) is 0 Å². The first-order valence-corrected chi connectivity index (χ1v) is 6.12. The van der Waals surface area contributed by atoms with Gasteiger partial charge in [0.2, 0.25) is 5.91 Å². The zero-order chi connectivity index (χ0) is 12.5. The highest BCUT2D eigenvalue weighted by molar-refractivity contribution is 5.92. The number of para-hydroxylation sites is 1. The molecule has 0 aromatic heterocycles. The number of benzene rings is 1. The molecule has 2 rings (SSSR count). The number of amides is 1. The van der Waals surface area contributed by atoms with Gasteiger partial charge < -0.3 is 10.1 Å². The fourth-order valence-corrected chi connectivity index (χ4v) is 2.15. The average molecular weight is 233 g/mol. The van der Waals surface area contributed by atoms with Crippen molar-refractivity contribution in [3.8, 4) is 5.75 Å². The quantitative estimate of drug-likeness (QED) is 0.871. The Hall–Kier alpha value is -1.51. The standard InChI is InChI=1S/C14H19NO2/c1-4-6-12(16)15-11-8-5-7-10-9-14(2,3)17-13(10)11/h5,7-8H,4,6,9H2,1-3H3,(H,15,16). The second kappa shape index (κ2) is 4.40. The molecule has 0 bridgehead atoms. The van der Waals surface area contributed by atoms with Gasteiger partial charge in [-0.3, -0.25) is 4.79 Å². The highest BCUT2D eigenvalue weighted by Crippen LogP contribution is 2.40. The molecule has 17 heavy (non-hydrogen) atoms. The Kier molecular flexibility index (Phi) is 3.09. The Morgan fingerprint density at radius 1 is 1.47 bits per heavy atom. The zero-order valence-corrected chi connectivity index (χ0v) is 10.7. The first-order chi connectivity index (χ1) is 8.02. The summed E-state index contributed by atoms with van der Waals surface area (Å²) in [7, 11) is 0. The van der Waals surface area contributed by atoms with Gasteiger partial charge in [0, 0.05) is 18.4 Å². The number of ether oxygens (including phenoxy) is 1. The van der Waals surface area contributed by atoms with Gasteiger partial charge in [-0.2, -0.15) is 0 Å². The molecule has 3 heteroatoms. The molecule has 0 radical (unpaired) electrons. The van der Waals surface area contributed by atoms with Crippen molar-refractivity contribution in [2.75, 3.05) is 5.32 Å². The second-order valence-electron chi connectivity index (χ2n) is 5.13. The summed E-state index contributed by atoms with van der Waals surface area (Å²) >= 11 is 0. The molecule has 92 valence electrons. The smallest absolute Gasteiger partial charge is 0.224 e. The first-order valence-electron chi connectivity index (χ1n) is 6.12. The van der Waals surface area contributed by atoms with Gasteiger partial charge in [-0.25, -0.2) is 0 Å². The molecule has 0 saturated carbocycles. The summed E-state index contributed by atoms with van der Waals surface area (Å²) in [5.74, 6) is 0.885. The van der Waals surface area contributed by atoms with Gasteiger partial charge in [0.25, 0.3) is 0 Å². The molecule has 0 saturated heterocycles. The predicted octanol–water partition coefficient (Wildman–Crippen LogP) is 3.14. The van der Waals surface area contributed by atoms with Crippen LogP contribution in [-0.4, -0.2) is 11.5 Å². The number of nitrogens with one attached hydrogen (secondary N) is 1. The van der Waals surface area contributed by atoms with Crippen LogP contribution in [0.2, 0.25) is 0 Å². The fraction of sp³-hybridized carbons (Fsp3) is 0.500. The summed E-state index contributed by atoms with van der Waals surface area (Å²) in [6, 6.07) is 5.92. The Morgan fingerprint density at radius 2 is 2.24 bits per heavy atom. The maximum absolute atomic E-state index is 11.6. The van der Waals surface area contributed by atoms with Crippen LogP contribution < -0.4 is 10.1 Å². The van der Waals surface area contributed by atoms with Crippen molar-refractivity contribution in [3.63, 3.8) is 0 Å². The van der Waals surface area contributed by atoms with Gasteiger partial charge in [0.1, 0.15) is 11.4 Å². The topological polar surface area (TPSA) is 38.3 Å². The number of carbonyl (C=O) groups excluding carboxylic acids is 1. The molecule has 0 fully saturated rings. The van der Waals surface area contributed by atoms with Crippen molar-refractivity contribution in [2.24, 2.45) is 0 Å². The summed E-state index contributed by atoms with van der Waals surface area (Å²) in [6.07, 6.45) is 2.29. The largest absolute Gasteiger partial charge is 0.485 e. The van der Waals surface area contributed by atoms with E-state index >= 15 is 0 Å². The maximum atomic E-state index is 11.6. The highest BCUT2D eigenvalue weighted by Gasteiger charge is 2.31. The number of hydrogen-bond donors (Lipinski definition) is 1. The van der Waals surface area contributed by atoms with Crippen molar-refractivity contribution in [2.45, 2.75) is 45.6 Å². The zero-order valence-electron chi connectivity index (χ0n) is 10.7. The molecule has 1 aliphatic heterocycles. The molecule has 1 heterocycles.